The first-order valence-corrected chi connectivity index (χ1v) is 12.6. The van der Waals surface area contributed by atoms with Crippen LogP contribution in [0.15, 0.2) is 36.7 Å². The topological polar surface area (TPSA) is 105 Å². The van der Waals surface area contributed by atoms with Gasteiger partial charge in [-0.1, -0.05) is 0 Å². The van der Waals surface area contributed by atoms with Gasteiger partial charge in [-0.15, -0.1) is 0 Å². The summed E-state index contributed by atoms with van der Waals surface area (Å²) in [5.41, 5.74) is 3.19. The van der Waals surface area contributed by atoms with Crippen molar-refractivity contribution >= 4 is 34.2 Å². The van der Waals surface area contributed by atoms with Gasteiger partial charge in [-0.05, 0) is 51.1 Å². The maximum Gasteiger partial charge on any atom is 0.259 e. The Kier molecular flexibility index (Phi) is 7.15. The highest BCUT2D eigenvalue weighted by atomic mass is 16.5. The molecule has 0 spiro atoms. The summed E-state index contributed by atoms with van der Waals surface area (Å²) >= 11 is 0. The normalized spacial score (nSPS) is 17.3. The van der Waals surface area contributed by atoms with Gasteiger partial charge in [0.1, 0.15) is 0 Å². The third-order valence-electron chi connectivity index (χ3n) is 6.96. The van der Waals surface area contributed by atoms with E-state index in [9.17, 15) is 9.59 Å². The average Bonchev–Trinajstić information content (AvgIpc) is 3.34. The third kappa shape index (κ3) is 5.05. The Balaban J connectivity index is 1.35. The summed E-state index contributed by atoms with van der Waals surface area (Å²) in [5.74, 6) is -0.243. The molecule has 1 aromatic carbocycles. The third-order valence-corrected chi connectivity index (χ3v) is 6.96. The summed E-state index contributed by atoms with van der Waals surface area (Å²) in [7, 11) is 2.06. The van der Waals surface area contributed by atoms with Gasteiger partial charge in [-0.3, -0.25) is 9.59 Å². The number of amides is 2. The number of carbonyl (C=O) groups excluding carboxylic acids is 2. The number of anilines is 2. The molecule has 36 heavy (non-hydrogen) atoms. The second-order valence-electron chi connectivity index (χ2n) is 9.40. The number of piperazine rings is 1. The average molecular weight is 492 g/mol. The van der Waals surface area contributed by atoms with Crippen LogP contribution in [0.25, 0.3) is 11.0 Å². The minimum atomic E-state index is -0.263. The van der Waals surface area contributed by atoms with Gasteiger partial charge in [-0.2, -0.15) is 5.10 Å². The van der Waals surface area contributed by atoms with Crippen LogP contribution in [0.3, 0.4) is 0 Å². The molecule has 10 heteroatoms. The molecule has 2 amide bonds. The van der Waals surface area contributed by atoms with Crippen molar-refractivity contribution in [1.29, 1.82) is 0 Å². The Morgan fingerprint density at radius 1 is 1.06 bits per heavy atom. The van der Waals surface area contributed by atoms with Gasteiger partial charge in [0, 0.05) is 69.4 Å². The lowest BCUT2D eigenvalue weighted by atomic mass is 10.1. The van der Waals surface area contributed by atoms with E-state index in [1.807, 2.05) is 16.5 Å². The number of fused-ring (bicyclic) bond motifs is 1. The molecule has 0 unspecified atom stereocenters. The first-order chi connectivity index (χ1) is 17.5. The molecule has 5 rings (SSSR count). The molecule has 10 nitrogen and oxygen atoms in total. The number of ether oxygens (including phenoxy) is 1. The van der Waals surface area contributed by atoms with Crippen molar-refractivity contribution in [1.82, 2.24) is 24.6 Å². The van der Waals surface area contributed by atoms with Crippen LogP contribution >= 0.6 is 0 Å². The number of nitrogens with one attached hydrogen (secondary N) is 2. The summed E-state index contributed by atoms with van der Waals surface area (Å²) in [6, 6.07) is 7.29. The fraction of sp³-hybridized carbons (Fsp3) is 0.462. The van der Waals surface area contributed by atoms with Gasteiger partial charge in [0.15, 0.2) is 5.65 Å². The van der Waals surface area contributed by atoms with E-state index in [0.29, 0.717) is 36.6 Å². The highest BCUT2D eigenvalue weighted by molar-refractivity contribution is 6.12. The first kappa shape index (κ1) is 24.2. The fourth-order valence-corrected chi connectivity index (χ4v) is 4.72. The number of aryl methyl sites for hydroxylation is 1. The van der Waals surface area contributed by atoms with E-state index in [-0.39, 0.29) is 17.9 Å². The summed E-state index contributed by atoms with van der Waals surface area (Å²) < 4.78 is 7.32. The molecule has 0 saturated carbocycles. The molecule has 2 N–H and O–H groups in total. The SMILES string of the molecule is CCn1ncc2c(NC3CCOCC3)c(C(=O)Nc3ccc(C(=O)N4CCN(C)CC4)cc3)cnc21. The van der Waals surface area contributed by atoms with Gasteiger partial charge < -0.3 is 25.2 Å². The van der Waals surface area contributed by atoms with Crippen LogP contribution in [0.4, 0.5) is 11.4 Å². The van der Waals surface area contributed by atoms with Crippen LogP contribution in [0, 0.1) is 0 Å². The molecule has 190 valence electrons. The van der Waals surface area contributed by atoms with Crippen molar-refractivity contribution in [2.75, 3.05) is 57.1 Å². The zero-order valence-electron chi connectivity index (χ0n) is 20.9. The van der Waals surface area contributed by atoms with Crippen molar-refractivity contribution in [2.45, 2.75) is 32.4 Å². The van der Waals surface area contributed by atoms with Gasteiger partial charge in [0.25, 0.3) is 11.8 Å². The molecule has 2 saturated heterocycles. The highest BCUT2D eigenvalue weighted by Crippen LogP contribution is 2.29. The molecule has 3 aromatic rings. The number of aromatic nitrogens is 3. The Morgan fingerprint density at radius 3 is 2.47 bits per heavy atom. The van der Waals surface area contributed by atoms with Crippen molar-refractivity contribution in [3.8, 4) is 0 Å². The fourth-order valence-electron chi connectivity index (χ4n) is 4.72. The zero-order valence-corrected chi connectivity index (χ0v) is 20.9. The summed E-state index contributed by atoms with van der Waals surface area (Å²) in [5, 5.41) is 11.8. The number of pyridine rings is 1. The predicted octanol–water partition coefficient (Wildman–Crippen LogP) is 2.68. The van der Waals surface area contributed by atoms with Crippen molar-refractivity contribution < 1.29 is 14.3 Å². The van der Waals surface area contributed by atoms with Gasteiger partial charge >= 0.3 is 0 Å². The van der Waals surface area contributed by atoms with Gasteiger partial charge in [0.05, 0.1) is 22.8 Å². The second kappa shape index (κ2) is 10.6. The second-order valence-corrected chi connectivity index (χ2v) is 9.40. The Labute approximate surface area is 210 Å². The largest absolute Gasteiger partial charge is 0.381 e. The highest BCUT2D eigenvalue weighted by Gasteiger charge is 2.23. The first-order valence-electron chi connectivity index (χ1n) is 12.6. The van der Waals surface area contributed by atoms with E-state index in [2.05, 4.69) is 32.7 Å². The number of hydrogen-bond acceptors (Lipinski definition) is 7. The number of nitrogens with zero attached hydrogens (tertiary/aromatic N) is 5. The molecular formula is C26H33N7O3. The molecular weight excluding hydrogens is 458 g/mol. The lowest BCUT2D eigenvalue weighted by molar-refractivity contribution is 0.0664. The molecule has 2 fully saturated rings. The van der Waals surface area contributed by atoms with Crippen LogP contribution < -0.4 is 10.6 Å². The van der Waals surface area contributed by atoms with Crippen LogP contribution in [-0.4, -0.2) is 88.9 Å². The Hall–Kier alpha value is -3.50. The molecule has 0 aliphatic carbocycles. The van der Waals surface area contributed by atoms with E-state index >= 15 is 0 Å². The minimum Gasteiger partial charge on any atom is -0.381 e. The lowest BCUT2D eigenvalue weighted by Crippen LogP contribution is -2.47. The van der Waals surface area contributed by atoms with Gasteiger partial charge in [-0.25, -0.2) is 9.67 Å². The van der Waals surface area contributed by atoms with E-state index in [4.69, 9.17) is 4.74 Å². The van der Waals surface area contributed by atoms with E-state index in [1.54, 1.807) is 36.7 Å². The smallest absolute Gasteiger partial charge is 0.259 e. The molecule has 2 aromatic heterocycles. The Bertz CT molecular complexity index is 1230. The molecule has 0 atom stereocenters. The number of benzene rings is 1. The quantitative estimate of drug-likeness (QED) is 0.546. The molecule has 0 bridgehead atoms. The number of carbonyl (C=O) groups is 2. The van der Waals surface area contributed by atoms with E-state index in [0.717, 1.165) is 55.7 Å². The van der Waals surface area contributed by atoms with Crippen molar-refractivity contribution in [3.05, 3.63) is 47.8 Å². The monoisotopic (exact) mass is 491 g/mol. The molecule has 2 aliphatic rings. The van der Waals surface area contributed by atoms with Crippen LogP contribution in [-0.2, 0) is 11.3 Å². The number of rotatable bonds is 6. The Morgan fingerprint density at radius 2 is 1.78 bits per heavy atom. The number of likely N-dealkylation sites (N-methyl/N-ethyl adjacent to an activating group) is 1. The maximum atomic E-state index is 13.4. The van der Waals surface area contributed by atoms with Crippen molar-refractivity contribution in [3.63, 3.8) is 0 Å². The standard InChI is InChI=1S/C26H33N7O3/c1-3-33-24-21(17-28-33)23(29-20-8-14-36-15-9-20)22(16-27-24)25(34)30-19-6-4-18(5-7-19)26(35)32-12-10-31(2)11-13-32/h4-7,16-17,20H,3,8-15H2,1-2H3,(H,27,29)(H,30,34). The van der Waals surface area contributed by atoms with Crippen LogP contribution in [0.1, 0.15) is 40.5 Å². The number of hydrogen-bond donors (Lipinski definition) is 2. The van der Waals surface area contributed by atoms with E-state index < -0.39 is 0 Å². The van der Waals surface area contributed by atoms with E-state index in [1.165, 1.54) is 0 Å². The maximum absolute atomic E-state index is 13.4. The van der Waals surface area contributed by atoms with Gasteiger partial charge in [0.2, 0.25) is 0 Å². The molecule has 0 radical (unpaired) electrons. The zero-order chi connectivity index (χ0) is 25.1. The summed E-state index contributed by atoms with van der Waals surface area (Å²) in [6.45, 7) is 7.29. The van der Waals surface area contributed by atoms with Crippen molar-refractivity contribution in [2.24, 2.45) is 0 Å². The molecule has 4 heterocycles. The summed E-state index contributed by atoms with van der Waals surface area (Å²) in [6.07, 6.45) is 5.12. The van der Waals surface area contributed by atoms with Crippen LogP contribution in [0.2, 0.25) is 0 Å². The summed E-state index contributed by atoms with van der Waals surface area (Å²) in [4.78, 5) is 34.8. The lowest BCUT2D eigenvalue weighted by Gasteiger charge is -2.32. The van der Waals surface area contributed by atoms with Crippen LogP contribution in [0.5, 0.6) is 0 Å². The molecule has 2 aliphatic heterocycles. The predicted molar refractivity (Wildman–Crippen MR) is 138 cm³/mol. The minimum absolute atomic E-state index is 0.0199.